The molecule has 0 radical (unpaired) electrons. The van der Waals surface area contributed by atoms with Crippen LogP contribution in [0.15, 0.2) is 48.5 Å². The van der Waals surface area contributed by atoms with E-state index in [9.17, 15) is 4.79 Å². The molecule has 0 bridgehead atoms. The van der Waals surface area contributed by atoms with E-state index >= 15 is 0 Å². The molecule has 3 heterocycles. The third-order valence-corrected chi connectivity index (χ3v) is 6.91. The fraction of sp³-hybridized carbons (Fsp3) is 0.409. The summed E-state index contributed by atoms with van der Waals surface area (Å²) in [4.78, 5) is 15.5. The van der Waals surface area contributed by atoms with Crippen molar-refractivity contribution in [2.24, 2.45) is 5.41 Å². The highest BCUT2D eigenvalue weighted by atomic mass is 16.2. The lowest BCUT2D eigenvalue weighted by Crippen LogP contribution is -2.69. The zero-order valence-corrected chi connectivity index (χ0v) is 15.4. The Morgan fingerprint density at radius 1 is 0.962 bits per heavy atom. The Labute approximate surface area is 154 Å². The van der Waals surface area contributed by atoms with Crippen LogP contribution in [0.1, 0.15) is 47.2 Å². The molecular formula is C22H25N3O. The molecule has 26 heavy (non-hydrogen) atoms. The lowest BCUT2D eigenvalue weighted by molar-refractivity contribution is 0.0321. The van der Waals surface area contributed by atoms with Crippen LogP contribution in [0.4, 0.5) is 5.69 Å². The first-order chi connectivity index (χ1) is 12.5. The Morgan fingerprint density at radius 2 is 1.62 bits per heavy atom. The van der Waals surface area contributed by atoms with Gasteiger partial charge in [0.15, 0.2) is 0 Å². The smallest absolute Gasteiger partial charge is 0.253 e. The number of amides is 1. The Bertz CT molecular complexity index is 884. The molecule has 3 aliphatic rings. The summed E-state index contributed by atoms with van der Waals surface area (Å²) in [6.07, 6.45) is 2.12. The number of hydrogen-bond acceptors (Lipinski definition) is 3. The van der Waals surface area contributed by atoms with E-state index in [-0.39, 0.29) is 17.2 Å². The number of carbonyl (C=O) groups excluding carboxylic acids is 1. The number of nitrogens with zero attached hydrogens (tertiary/aromatic N) is 1. The van der Waals surface area contributed by atoms with E-state index in [1.807, 2.05) is 12.1 Å². The van der Waals surface area contributed by atoms with Crippen molar-refractivity contribution in [3.8, 4) is 0 Å². The molecule has 4 heteroatoms. The van der Waals surface area contributed by atoms with Crippen LogP contribution in [0.2, 0.25) is 0 Å². The fourth-order valence-corrected chi connectivity index (χ4v) is 5.24. The van der Waals surface area contributed by atoms with E-state index in [1.54, 1.807) is 0 Å². The molecule has 0 saturated carbocycles. The highest BCUT2D eigenvalue weighted by Gasteiger charge is 2.61. The van der Waals surface area contributed by atoms with Gasteiger partial charge in [-0.1, -0.05) is 43.3 Å². The maximum absolute atomic E-state index is 13.1. The van der Waals surface area contributed by atoms with Crippen LogP contribution in [-0.4, -0.2) is 36.6 Å². The average Bonchev–Trinajstić information content (AvgIpc) is 3.00. The largest absolute Gasteiger partial charge is 0.361 e. The summed E-state index contributed by atoms with van der Waals surface area (Å²) in [7, 11) is 2.18. The minimum absolute atomic E-state index is 0.0214. The number of carbonyl (C=O) groups is 1. The van der Waals surface area contributed by atoms with E-state index in [2.05, 4.69) is 65.9 Å². The number of fused-ring (bicyclic) bond motifs is 5. The third kappa shape index (κ3) is 1.96. The molecule has 134 valence electrons. The van der Waals surface area contributed by atoms with E-state index in [1.165, 1.54) is 5.56 Å². The number of para-hydroxylation sites is 1. The minimum atomic E-state index is -0.469. The normalized spacial score (nSPS) is 29.2. The highest BCUT2D eigenvalue weighted by Crippen LogP contribution is 2.57. The van der Waals surface area contributed by atoms with E-state index in [0.29, 0.717) is 0 Å². The maximum atomic E-state index is 13.1. The fourth-order valence-electron chi connectivity index (χ4n) is 5.24. The van der Waals surface area contributed by atoms with Gasteiger partial charge in [0.2, 0.25) is 0 Å². The molecule has 0 spiro atoms. The molecule has 1 fully saturated rings. The van der Waals surface area contributed by atoms with Crippen molar-refractivity contribution in [1.29, 1.82) is 0 Å². The number of nitrogens with one attached hydrogen (secondary N) is 2. The predicted octanol–water partition coefficient (Wildman–Crippen LogP) is 3.42. The van der Waals surface area contributed by atoms with E-state index in [4.69, 9.17) is 0 Å². The zero-order valence-electron chi connectivity index (χ0n) is 15.4. The number of likely N-dealkylation sites (tertiary alicyclic amines) is 1. The van der Waals surface area contributed by atoms with Gasteiger partial charge in [-0.25, -0.2) is 0 Å². The van der Waals surface area contributed by atoms with Crippen LogP contribution in [0, 0.1) is 5.41 Å². The van der Waals surface area contributed by atoms with Crippen molar-refractivity contribution in [2.45, 2.75) is 31.3 Å². The zero-order chi connectivity index (χ0) is 17.9. The van der Waals surface area contributed by atoms with Crippen molar-refractivity contribution in [2.75, 3.05) is 25.5 Å². The molecule has 5 rings (SSSR count). The van der Waals surface area contributed by atoms with Gasteiger partial charge in [0.1, 0.15) is 5.66 Å². The van der Waals surface area contributed by atoms with Crippen molar-refractivity contribution in [1.82, 2.24) is 10.2 Å². The van der Waals surface area contributed by atoms with Crippen LogP contribution in [0.25, 0.3) is 0 Å². The minimum Gasteiger partial charge on any atom is -0.361 e. The topological polar surface area (TPSA) is 44.4 Å². The lowest BCUT2D eigenvalue weighted by atomic mass is 9.61. The maximum Gasteiger partial charge on any atom is 0.253 e. The number of anilines is 1. The molecule has 1 saturated heterocycles. The van der Waals surface area contributed by atoms with Crippen molar-refractivity contribution < 1.29 is 4.79 Å². The number of hydrogen-bond donors (Lipinski definition) is 2. The molecule has 0 aliphatic carbocycles. The summed E-state index contributed by atoms with van der Waals surface area (Å²) in [6.45, 7) is 4.46. The molecule has 3 aliphatic heterocycles. The number of benzene rings is 2. The summed E-state index contributed by atoms with van der Waals surface area (Å²) in [5, 5.41) is 7.25. The summed E-state index contributed by atoms with van der Waals surface area (Å²) >= 11 is 0. The van der Waals surface area contributed by atoms with Crippen LogP contribution in [0.5, 0.6) is 0 Å². The van der Waals surface area contributed by atoms with Crippen LogP contribution >= 0.6 is 0 Å². The molecule has 2 N–H and O–H groups in total. The highest BCUT2D eigenvalue weighted by molar-refractivity contribution is 5.99. The van der Waals surface area contributed by atoms with Crippen molar-refractivity contribution in [3.63, 3.8) is 0 Å². The first-order valence-electron chi connectivity index (χ1n) is 9.51. The second-order valence-electron chi connectivity index (χ2n) is 8.36. The molecule has 0 aromatic heterocycles. The monoisotopic (exact) mass is 347 g/mol. The Balaban J connectivity index is 1.73. The summed E-state index contributed by atoms with van der Waals surface area (Å²) in [6, 6.07) is 16.6. The van der Waals surface area contributed by atoms with Gasteiger partial charge in [0.05, 0.1) is 5.92 Å². The Hall–Kier alpha value is -2.33. The van der Waals surface area contributed by atoms with E-state index in [0.717, 1.165) is 42.7 Å². The van der Waals surface area contributed by atoms with Gasteiger partial charge in [0, 0.05) is 16.7 Å². The first-order valence-corrected chi connectivity index (χ1v) is 9.51. The van der Waals surface area contributed by atoms with E-state index < -0.39 is 5.66 Å². The third-order valence-electron chi connectivity index (χ3n) is 6.91. The second kappa shape index (κ2) is 5.34. The quantitative estimate of drug-likeness (QED) is 0.831. The molecular weight excluding hydrogens is 322 g/mol. The first kappa shape index (κ1) is 15.9. The SMILES string of the molecule is CN1CCC(C)([C@]23NC(=O)c4ccccc4[C@H]2c2ccccc2N3)CC1. The summed E-state index contributed by atoms with van der Waals surface area (Å²) < 4.78 is 0. The van der Waals surface area contributed by atoms with Gasteiger partial charge in [-0.15, -0.1) is 0 Å². The van der Waals surface area contributed by atoms with Crippen LogP contribution in [0.3, 0.4) is 0 Å². The van der Waals surface area contributed by atoms with Gasteiger partial charge in [-0.2, -0.15) is 0 Å². The molecule has 4 nitrogen and oxygen atoms in total. The number of piperidine rings is 1. The number of rotatable bonds is 1. The second-order valence-corrected chi connectivity index (χ2v) is 8.36. The van der Waals surface area contributed by atoms with Gasteiger partial charge >= 0.3 is 0 Å². The van der Waals surface area contributed by atoms with Gasteiger partial charge in [-0.3, -0.25) is 4.79 Å². The predicted molar refractivity (Wildman–Crippen MR) is 103 cm³/mol. The molecule has 0 unspecified atom stereocenters. The average molecular weight is 347 g/mol. The van der Waals surface area contributed by atoms with Gasteiger partial charge < -0.3 is 15.5 Å². The Morgan fingerprint density at radius 3 is 2.38 bits per heavy atom. The van der Waals surface area contributed by atoms with Crippen molar-refractivity contribution >= 4 is 11.6 Å². The molecule has 2 atom stereocenters. The van der Waals surface area contributed by atoms with Crippen LogP contribution in [-0.2, 0) is 0 Å². The lowest BCUT2D eigenvalue weighted by Gasteiger charge is -2.55. The van der Waals surface area contributed by atoms with Crippen molar-refractivity contribution in [3.05, 3.63) is 65.2 Å². The summed E-state index contributed by atoms with van der Waals surface area (Å²) in [5.74, 6) is 0.179. The van der Waals surface area contributed by atoms with Gasteiger partial charge in [-0.05, 0) is 56.2 Å². The molecule has 2 aromatic rings. The summed E-state index contributed by atoms with van der Waals surface area (Å²) in [5.41, 5.74) is 3.90. The molecule has 2 aromatic carbocycles. The Kier molecular flexibility index (Phi) is 3.26. The van der Waals surface area contributed by atoms with Gasteiger partial charge in [0.25, 0.3) is 5.91 Å². The molecule has 1 amide bonds. The standard InChI is InChI=1S/C22H25N3O/c1-21(11-13-25(2)14-12-21)22-19(17-9-5-6-10-18(17)23-22)15-7-3-4-8-16(15)20(26)24-22/h3-10,19,23H,11-14H2,1-2H3,(H,24,26)/t19-,22+/m0/s1. The van der Waals surface area contributed by atoms with Crippen LogP contribution < -0.4 is 10.6 Å².